The Morgan fingerprint density at radius 3 is 2.67 bits per heavy atom. The smallest absolute Gasteiger partial charge is 0.284 e. The first kappa shape index (κ1) is 19.3. The topological polar surface area (TPSA) is 104 Å². The Balaban J connectivity index is 1.73. The number of nitrogens with zero attached hydrogens (tertiary/aromatic N) is 1. The number of nitro groups is 1. The van der Waals surface area contributed by atoms with Crippen molar-refractivity contribution >= 4 is 23.4 Å². The van der Waals surface area contributed by atoms with Gasteiger partial charge in [0.1, 0.15) is 0 Å². The van der Waals surface area contributed by atoms with Crippen LogP contribution < -0.4 is 10.6 Å². The van der Waals surface area contributed by atoms with E-state index in [-0.39, 0.29) is 23.1 Å². The zero-order valence-electron chi connectivity index (χ0n) is 14.8. The van der Waals surface area contributed by atoms with Gasteiger partial charge in [-0.25, -0.2) is 0 Å². The molecule has 1 heterocycles. The lowest BCUT2D eigenvalue weighted by atomic mass is 10.1. The molecule has 1 amide bonds. The van der Waals surface area contributed by atoms with Crippen LogP contribution in [0.4, 0.5) is 5.69 Å². The molecule has 2 aromatic rings. The summed E-state index contributed by atoms with van der Waals surface area (Å²) in [5, 5.41) is 27.0. The number of aryl methyl sites for hydroxylation is 1. The molecule has 7 nitrogen and oxygen atoms in total. The second kappa shape index (κ2) is 8.51. The SMILES string of the molecule is Cc1ccc(Sc2ccc(C(=O)NCC3CNCC3O)cc2[N+](=O)[O-])cc1. The summed E-state index contributed by atoms with van der Waals surface area (Å²) in [6.45, 7) is 3.44. The van der Waals surface area contributed by atoms with Gasteiger partial charge in [0.05, 0.1) is 15.9 Å². The van der Waals surface area contributed by atoms with Gasteiger partial charge >= 0.3 is 0 Å². The Morgan fingerprint density at radius 2 is 2.04 bits per heavy atom. The van der Waals surface area contributed by atoms with Gasteiger partial charge in [-0.15, -0.1) is 0 Å². The van der Waals surface area contributed by atoms with Crippen molar-refractivity contribution in [2.75, 3.05) is 19.6 Å². The van der Waals surface area contributed by atoms with Crippen LogP contribution >= 0.6 is 11.8 Å². The monoisotopic (exact) mass is 387 g/mol. The van der Waals surface area contributed by atoms with E-state index in [0.717, 1.165) is 10.5 Å². The van der Waals surface area contributed by atoms with Gasteiger partial charge in [0.2, 0.25) is 0 Å². The van der Waals surface area contributed by atoms with E-state index in [1.807, 2.05) is 31.2 Å². The molecule has 3 N–H and O–H groups in total. The minimum absolute atomic E-state index is 0.0553. The van der Waals surface area contributed by atoms with Crippen LogP contribution in [0.5, 0.6) is 0 Å². The van der Waals surface area contributed by atoms with Gasteiger partial charge in [0, 0.05) is 42.1 Å². The molecule has 1 aliphatic rings. The normalized spacial score (nSPS) is 19.0. The first-order chi connectivity index (χ1) is 12.9. The molecule has 27 heavy (non-hydrogen) atoms. The summed E-state index contributed by atoms with van der Waals surface area (Å²) in [7, 11) is 0. The molecule has 8 heteroatoms. The number of carbonyl (C=O) groups excluding carboxylic acids is 1. The van der Waals surface area contributed by atoms with Crippen molar-refractivity contribution in [3.05, 3.63) is 63.7 Å². The first-order valence-corrected chi connectivity index (χ1v) is 9.45. The third kappa shape index (κ3) is 4.85. The number of hydrogen-bond donors (Lipinski definition) is 3. The van der Waals surface area contributed by atoms with Crippen LogP contribution in [0.3, 0.4) is 0 Å². The number of nitrogens with one attached hydrogen (secondary N) is 2. The third-order valence-corrected chi connectivity index (χ3v) is 5.57. The van der Waals surface area contributed by atoms with E-state index in [2.05, 4.69) is 10.6 Å². The molecule has 0 bridgehead atoms. The zero-order chi connectivity index (χ0) is 19.4. The van der Waals surface area contributed by atoms with E-state index in [1.165, 1.54) is 17.8 Å². The Bertz CT molecular complexity index is 841. The van der Waals surface area contributed by atoms with Crippen molar-refractivity contribution in [2.24, 2.45) is 5.92 Å². The van der Waals surface area contributed by atoms with Gasteiger partial charge in [0.25, 0.3) is 11.6 Å². The van der Waals surface area contributed by atoms with E-state index in [0.29, 0.717) is 24.5 Å². The highest BCUT2D eigenvalue weighted by atomic mass is 32.2. The molecular weight excluding hydrogens is 366 g/mol. The largest absolute Gasteiger partial charge is 0.391 e. The fourth-order valence-electron chi connectivity index (χ4n) is 2.87. The fraction of sp³-hybridized carbons (Fsp3) is 0.316. The third-order valence-electron chi connectivity index (χ3n) is 4.50. The molecule has 0 aromatic heterocycles. The second-order valence-corrected chi connectivity index (χ2v) is 7.67. The van der Waals surface area contributed by atoms with Crippen LogP contribution in [0.15, 0.2) is 52.3 Å². The van der Waals surface area contributed by atoms with E-state index in [4.69, 9.17) is 0 Å². The zero-order valence-corrected chi connectivity index (χ0v) is 15.7. The quantitative estimate of drug-likeness (QED) is 0.519. The molecule has 0 aliphatic carbocycles. The van der Waals surface area contributed by atoms with E-state index >= 15 is 0 Å². The highest BCUT2D eigenvalue weighted by Gasteiger charge is 2.25. The Hall–Kier alpha value is -2.42. The number of nitro benzene ring substituents is 1. The van der Waals surface area contributed by atoms with Crippen LogP contribution in [-0.2, 0) is 0 Å². The predicted molar refractivity (Wildman–Crippen MR) is 103 cm³/mol. The number of β-amino-alcohol motifs (C(OH)–C–C–N with tert-alkyl or cyclic N) is 1. The van der Waals surface area contributed by atoms with Crippen molar-refractivity contribution in [3.63, 3.8) is 0 Å². The van der Waals surface area contributed by atoms with Gasteiger partial charge in [-0.1, -0.05) is 29.5 Å². The molecule has 0 spiro atoms. The van der Waals surface area contributed by atoms with E-state index < -0.39 is 11.0 Å². The Morgan fingerprint density at radius 1 is 1.30 bits per heavy atom. The summed E-state index contributed by atoms with van der Waals surface area (Å²) in [6.07, 6.45) is -0.493. The maximum absolute atomic E-state index is 12.3. The van der Waals surface area contributed by atoms with Gasteiger partial charge in [-0.05, 0) is 31.2 Å². The summed E-state index contributed by atoms with van der Waals surface area (Å²) in [5.74, 6) is -0.440. The lowest BCUT2D eigenvalue weighted by molar-refractivity contribution is -0.387. The number of carbonyl (C=O) groups is 1. The van der Waals surface area contributed by atoms with Gasteiger partial charge in [-0.3, -0.25) is 14.9 Å². The average molecular weight is 387 g/mol. The van der Waals surface area contributed by atoms with Crippen LogP contribution in [0.1, 0.15) is 15.9 Å². The average Bonchev–Trinajstić information content (AvgIpc) is 3.06. The molecule has 1 aliphatic heterocycles. The van der Waals surface area contributed by atoms with E-state index in [1.54, 1.807) is 12.1 Å². The molecule has 1 saturated heterocycles. The fourth-order valence-corrected chi connectivity index (χ4v) is 3.77. The Labute approximate surface area is 161 Å². The minimum atomic E-state index is -0.493. The van der Waals surface area contributed by atoms with Crippen molar-refractivity contribution in [3.8, 4) is 0 Å². The first-order valence-electron chi connectivity index (χ1n) is 8.64. The van der Waals surface area contributed by atoms with Crippen LogP contribution in [-0.4, -0.2) is 41.7 Å². The summed E-state index contributed by atoms with van der Waals surface area (Å²) < 4.78 is 0. The summed E-state index contributed by atoms with van der Waals surface area (Å²) >= 11 is 1.29. The molecular formula is C19H21N3O4S. The second-order valence-electron chi connectivity index (χ2n) is 6.55. The van der Waals surface area contributed by atoms with Crippen LogP contribution in [0, 0.1) is 23.0 Å². The lowest BCUT2D eigenvalue weighted by Crippen LogP contribution is -2.34. The number of aliphatic hydroxyl groups is 1. The van der Waals surface area contributed by atoms with Crippen molar-refractivity contribution in [1.82, 2.24) is 10.6 Å². The Kier molecular flexibility index (Phi) is 6.10. The molecule has 2 unspecified atom stereocenters. The van der Waals surface area contributed by atoms with Gasteiger partial charge < -0.3 is 15.7 Å². The van der Waals surface area contributed by atoms with E-state index in [9.17, 15) is 20.0 Å². The van der Waals surface area contributed by atoms with Gasteiger partial charge in [0.15, 0.2) is 0 Å². The van der Waals surface area contributed by atoms with Crippen LogP contribution in [0.2, 0.25) is 0 Å². The number of benzene rings is 2. The molecule has 1 fully saturated rings. The standard InChI is InChI=1S/C19H21N3O4S/c1-12-2-5-15(6-3-12)27-18-7-4-13(8-16(18)22(25)26)19(24)21-10-14-9-20-11-17(14)23/h2-8,14,17,20,23H,9-11H2,1H3,(H,21,24). The van der Waals surface area contributed by atoms with Crippen molar-refractivity contribution in [1.29, 1.82) is 0 Å². The van der Waals surface area contributed by atoms with Gasteiger partial charge in [-0.2, -0.15) is 0 Å². The highest BCUT2D eigenvalue weighted by Crippen LogP contribution is 2.35. The maximum Gasteiger partial charge on any atom is 0.284 e. The van der Waals surface area contributed by atoms with Crippen LogP contribution in [0.25, 0.3) is 0 Å². The number of amides is 1. The summed E-state index contributed by atoms with van der Waals surface area (Å²) in [4.78, 5) is 24.7. The predicted octanol–water partition coefficient (Wildman–Crippen LogP) is 2.36. The maximum atomic E-state index is 12.3. The summed E-state index contributed by atoms with van der Waals surface area (Å²) in [6, 6.07) is 12.2. The minimum Gasteiger partial charge on any atom is -0.391 e. The number of hydrogen-bond acceptors (Lipinski definition) is 6. The molecule has 2 atom stereocenters. The number of aliphatic hydroxyl groups excluding tert-OH is 1. The molecule has 142 valence electrons. The van der Waals surface area contributed by atoms with Crippen molar-refractivity contribution < 1.29 is 14.8 Å². The highest BCUT2D eigenvalue weighted by molar-refractivity contribution is 7.99. The summed E-state index contributed by atoms with van der Waals surface area (Å²) in [5.41, 5.74) is 1.25. The molecule has 2 aromatic carbocycles. The molecule has 0 radical (unpaired) electrons. The van der Waals surface area contributed by atoms with Crippen molar-refractivity contribution in [2.45, 2.75) is 22.8 Å². The number of rotatable bonds is 6. The molecule has 0 saturated carbocycles. The lowest BCUT2D eigenvalue weighted by Gasteiger charge is -2.14. The molecule has 3 rings (SSSR count).